The number of aromatic nitrogens is 1. The largest absolute Gasteiger partial charge is 0.383 e. The smallest absolute Gasteiger partial charge is 0.257 e. The van der Waals surface area contributed by atoms with Crippen molar-refractivity contribution < 1.29 is 4.79 Å². The fourth-order valence-corrected chi connectivity index (χ4v) is 1.50. The molecule has 0 fully saturated rings. The second-order valence-electron chi connectivity index (χ2n) is 3.62. The Hall–Kier alpha value is -1.58. The Labute approximate surface area is 90.1 Å². The highest BCUT2D eigenvalue weighted by Crippen LogP contribution is 2.12. The summed E-state index contributed by atoms with van der Waals surface area (Å²) in [5.41, 5.74) is 6.14. The molecule has 0 saturated carbocycles. The van der Waals surface area contributed by atoms with Crippen LogP contribution in [0.25, 0.3) is 0 Å². The molecule has 0 aromatic carbocycles. The van der Waals surface area contributed by atoms with Crippen molar-refractivity contribution in [3.63, 3.8) is 0 Å². The van der Waals surface area contributed by atoms with Crippen LogP contribution in [0.2, 0.25) is 0 Å². The quantitative estimate of drug-likeness (QED) is 0.817. The van der Waals surface area contributed by atoms with E-state index in [0.717, 1.165) is 0 Å². The molecule has 4 nitrogen and oxygen atoms in total. The Morgan fingerprint density at radius 3 is 2.73 bits per heavy atom. The summed E-state index contributed by atoms with van der Waals surface area (Å²) in [6.07, 6.45) is 1.58. The molecule has 1 aromatic heterocycles. The molecule has 0 saturated heterocycles. The zero-order chi connectivity index (χ0) is 11.4. The number of carbonyl (C=O) groups is 1. The number of rotatable bonds is 3. The molecule has 1 heterocycles. The maximum absolute atomic E-state index is 12.0. The Bertz CT molecular complexity index is 349. The maximum Gasteiger partial charge on any atom is 0.257 e. The Morgan fingerprint density at radius 1 is 1.60 bits per heavy atom. The van der Waals surface area contributed by atoms with Crippen molar-refractivity contribution in [2.45, 2.75) is 26.8 Å². The van der Waals surface area contributed by atoms with Crippen LogP contribution in [-0.4, -0.2) is 28.4 Å². The summed E-state index contributed by atoms with van der Waals surface area (Å²) in [5.74, 6) is 0.236. The number of hydrogen-bond donors (Lipinski definition) is 1. The summed E-state index contributed by atoms with van der Waals surface area (Å²) in [5, 5.41) is 0. The van der Waals surface area contributed by atoms with Crippen molar-refractivity contribution in [1.82, 2.24) is 9.88 Å². The van der Waals surface area contributed by atoms with Gasteiger partial charge in [-0.3, -0.25) is 4.79 Å². The first kappa shape index (κ1) is 11.5. The first-order valence-corrected chi connectivity index (χ1v) is 5.09. The van der Waals surface area contributed by atoms with Crippen LogP contribution in [0.5, 0.6) is 0 Å². The zero-order valence-corrected chi connectivity index (χ0v) is 9.40. The van der Waals surface area contributed by atoms with Crippen LogP contribution in [0.1, 0.15) is 31.1 Å². The van der Waals surface area contributed by atoms with Crippen LogP contribution in [0.3, 0.4) is 0 Å². The topological polar surface area (TPSA) is 59.2 Å². The Balaban J connectivity index is 2.98. The number of amides is 1. The summed E-state index contributed by atoms with van der Waals surface area (Å²) < 4.78 is 0. The number of nitrogens with two attached hydrogens (primary N) is 1. The molecule has 82 valence electrons. The van der Waals surface area contributed by atoms with E-state index in [1.54, 1.807) is 23.2 Å². The van der Waals surface area contributed by atoms with Crippen LogP contribution in [0.15, 0.2) is 18.3 Å². The number of nitrogen functional groups attached to an aromatic ring is 1. The molecular weight excluding hydrogens is 190 g/mol. The van der Waals surface area contributed by atoms with Gasteiger partial charge in [-0.25, -0.2) is 4.98 Å². The molecule has 0 radical (unpaired) electrons. The van der Waals surface area contributed by atoms with Gasteiger partial charge < -0.3 is 10.6 Å². The fourth-order valence-electron chi connectivity index (χ4n) is 1.50. The van der Waals surface area contributed by atoms with Gasteiger partial charge in [0.15, 0.2) is 0 Å². The van der Waals surface area contributed by atoms with E-state index >= 15 is 0 Å². The molecular formula is C11H17N3O. The lowest BCUT2D eigenvalue weighted by Crippen LogP contribution is -2.37. The second kappa shape index (κ2) is 4.77. The van der Waals surface area contributed by atoms with Crippen molar-refractivity contribution in [2.75, 3.05) is 12.3 Å². The van der Waals surface area contributed by atoms with Gasteiger partial charge >= 0.3 is 0 Å². The monoisotopic (exact) mass is 207 g/mol. The third-order valence-corrected chi connectivity index (χ3v) is 2.29. The molecule has 1 aromatic rings. The SMILES string of the molecule is CCN(C(=O)c1cccnc1N)C(C)C. The van der Waals surface area contributed by atoms with Crippen molar-refractivity contribution in [3.8, 4) is 0 Å². The van der Waals surface area contributed by atoms with Crippen LogP contribution in [0.4, 0.5) is 5.82 Å². The zero-order valence-electron chi connectivity index (χ0n) is 9.40. The molecule has 0 bridgehead atoms. The van der Waals surface area contributed by atoms with E-state index in [-0.39, 0.29) is 11.9 Å². The van der Waals surface area contributed by atoms with Crippen LogP contribution in [-0.2, 0) is 0 Å². The number of pyridine rings is 1. The van der Waals surface area contributed by atoms with Crippen molar-refractivity contribution in [2.24, 2.45) is 0 Å². The number of anilines is 1. The molecule has 0 aliphatic carbocycles. The summed E-state index contributed by atoms with van der Waals surface area (Å²) in [7, 11) is 0. The Kier molecular flexibility index (Phi) is 3.66. The average Bonchev–Trinajstić information content (AvgIpc) is 2.18. The molecule has 15 heavy (non-hydrogen) atoms. The minimum Gasteiger partial charge on any atom is -0.383 e. The summed E-state index contributed by atoms with van der Waals surface area (Å²) in [6.45, 7) is 6.58. The third-order valence-electron chi connectivity index (χ3n) is 2.29. The highest BCUT2D eigenvalue weighted by molar-refractivity contribution is 5.98. The molecule has 0 atom stereocenters. The minimum absolute atomic E-state index is 0.0573. The van der Waals surface area contributed by atoms with Gasteiger partial charge in [0.2, 0.25) is 0 Å². The highest BCUT2D eigenvalue weighted by Gasteiger charge is 2.18. The minimum atomic E-state index is -0.0573. The van der Waals surface area contributed by atoms with E-state index in [1.165, 1.54) is 0 Å². The maximum atomic E-state index is 12.0. The van der Waals surface area contributed by atoms with Crippen molar-refractivity contribution in [1.29, 1.82) is 0 Å². The standard InChI is InChI=1S/C11H17N3O/c1-4-14(8(2)3)11(15)9-6-5-7-13-10(9)12/h5-8H,4H2,1-3H3,(H2,12,13). The lowest BCUT2D eigenvalue weighted by Gasteiger charge is -2.25. The van der Waals surface area contributed by atoms with Gasteiger partial charge in [-0.05, 0) is 32.9 Å². The number of hydrogen-bond acceptors (Lipinski definition) is 3. The van der Waals surface area contributed by atoms with Crippen LogP contribution in [0, 0.1) is 0 Å². The normalized spacial score (nSPS) is 10.4. The van der Waals surface area contributed by atoms with Crippen LogP contribution < -0.4 is 5.73 Å². The van der Waals surface area contributed by atoms with Gasteiger partial charge in [-0.2, -0.15) is 0 Å². The molecule has 0 spiro atoms. The van der Waals surface area contributed by atoms with E-state index in [9.17, 15) is 4.79 Å². The van der Waals surface area contributed by atoms with Gasteiger partial charge in [-0.15, -0.1) is 0 Å². The first-order chi connectivity index (χ1) is 7.07. The summed E-state index contributed by atoms with van der Waals surface area (Å²) >= 11 is 0. The summed E-state index contributed by atoms with van der Waals surface area (Å²) in [6, 6.07) is 3.59. The van der Waals surface area contributed by atoms with E-state index < -0.39 is 0 Å². The van der Waals surface area contributed by atoms with E-state index in [1.807, 2.05) is 20.8 Å². The lowest BCUT2D eigenvalue weighted by atomic mass is 10.2. The highest BCUT2D eigenvalue weighted by atomic mass is 16.2. The molecule has 1 amide bonds. The second-order valence-corrected chi connectivity index (χ2v) is 3.62. The predicted octanol–water partition coefficient (Wildman–Crippen LogP) is 1.53. The van der Waals surface area contributed by atoms with E-state index in [0.29, 0.717) is 17.9 Å². The van der Waals surface area contributed by atoms with E-state index in [2.05, 4.69) is 4.98 Å². The van der Waals surface area contributed by atoms with Gasteiger partial charge in [0.25, 0.3) is 5.91 Å². The predicted molar refractivity (Wildman–Crippen MR) is 60.5 cm³/mol. The fraction of sp³-hybridized carbons (Fsp3) is 0.455. The Morgan fingerprint density at radius 2 is 2.27 bits per heavy atom. The van der Waals surface area contributed by atoms with Gasteiger partial charge in [-0.1, -0.05) is 0 Å². The molecule has 0 unspecified atom stereocenters. The molecule has 0 aliphatic heterocycles. The first-order valence-electron chi connectivity index (χ1n) is 5.09. The number of nitrogens with zero attached hydrogens (tertiary/aromatic N) is 2. The van der Waals surface area contributed by atoms with Crippen molar-refractivity contribution >= 4 is 11.7 Å². The van der Waals surface area contributed by atoms with Crippen LogP contribution >= 0.6 is 0 Å². The van der Waals surface area contributed by atoms with Gasteiger partial charge in [0.1, 0.15) is 5.82 Å². The molecule has 1 rings (SSSR count). The van der Waals surface area contributed by atoms with E-state index in [4.69, 9.17) is 5.73 Å². The van der Waals surface area contributed by atoms with Gasteiger partial charge in [0, 0.05) is 18.8 Å². The third kappa shape index (κ3) is 2.46. The summed E-state index contributed by atoms with van der Waals surface area (Å²) in [4.78, 5) is 17.7. The average molecular weight is 207 g/mol. The molecule has 0 aliphatic rings. The van der Waals surface area contributed by atoms with Gasteiger partial charge in [0.05, 0.1) is 5.56 Å². The molecule has 4 heteroatoms. The number of carbonyl (C=O) groups excluding carboxylic acids is 1. The lowest BCUT2D eigenvalue weighted by molar-refractivity contribution is 0.0717. The van der Waals surface area contributed by atoms with Crippen molar-refractivity contribution in [3.05, 3.63) is 23.9 Å². The molecule has 2 N–H and O–H groups in total.